The van der Waals surface area contributed by atoms with Crippen molar-refractivity contribution in [2.45, 2.75) is 76.3 Å². The number of pyridine rings is 1. The van der Waals surface area contributed by atoms with Crippen LogP contribution in [0.25, 0.3) is 0 Å². The molecule has 0 bridgehead atoms. The molecule has 2 saturated carbocycles. The molecule has 124 valence electrons. The molecule has 1 aromatic heterocycles. The standard InChI is InChI=1S/C19H28ClN3/c1-22-14-8-13-18(19(22)20)23(17-11-6-3-7-12-17)15-21-16-9-4-2-5-10-16/h8,13-14,16-17H,2-7,9-12H2,1H3/q+2. The zero-order chi connectivity index (χ0) is 16.1. The monoisotopic (exact) mass is 333 g/mol. The molecule has 0 radical (unpaired) electrons. The van der Waals surface area contributed by atoms with Crippen LogP contribution in [0.1, 0.15) is 64.2 Å². The van der Waals surface area contributed by atoms with Gasteiger partial charge >= 0.3 is 11.2 Å². The van der Waals surface area contributed by atoms with Crippen molar-refractivity contribution in [3.63, 3.8) is 0 Å². The van der Waals surface area contributed by atoms with E-state index in [-0.39, 0.29) is 0 Å². The van der Waals surface area contributed by atoms with E-state index in [9.17, 15) is 0 Å². The molecule has 3 rings (SSSR count). The zero-order valence-corrected chi connectivity index (χ0v) is 14.9. The highest BCUT2D eigenvalue weighted by atomic mass is 35.5. The lowest BCUT2D eigenvalue weighted by molar-refractivity contribution is -0.673. The normalized spacial score (nSPS) is 20.1. The van der Waals surface area contributed by atoms with Gasteiger partial charge in [-0.05, 0) is 74.0 Å². The molecule has 0 aliphatic heterocycles. The molecule has 4 heteroatoms. The van der Waals surface area contributed by atoms with Crippen molar-refractivity contribution in [2.75, 3.05) is 0 Å². The highest BCUT2D eigenvalue weighted by Gasteiger charge is 2.27. The van der Waals surface area contributed by atoms with E-state index in [0.29, 0.717) is 12.1 Å². The number of aryl methyl sites for hydroxylation is 1. The minimum Gasteiger partial charge on any atom is -0.188 e. The second-order valence-corrected chi connectivity index (χ2v) is 7.34. The quantitative estimate of drug-likeness (QED) is 0.436. The summed E-state index contributed by atoms with van der Waals surface area (Å²) in [5.74, 6) is 0. The molecule has 0 amide bonds. The highest BCUT2D eigenvalue weighted by Crippen LogP contribution is 2.28. The largest absolute Gasteiger partial charge is 0.322 e. The van der Waals surface area contributed by atoms with Gasteiger partial charge in [0.25, 0.3) is 0 Å². The molecule has 2 fully saturated rings. The summed E-state index contributed by atoms with van der Waals surface area (Å²) >= 11 is 6.57. The molecule has 0 N–H and O–H groups in total. The summed E-state index contributed by atoms with van der Waals surface area (Å²) in [5, 5.41) is 0.768. The van der Waals surface area contributed by atoms with Crippen LogP contribution >= 0.6 is 11.6 Å². The van der Waals surface area contributed by atoms with Crippen molar-refractivity contribution < 1.29 is 9.14 Å². The summed E-state index contributed by atoms with van der Waals surface area (Å²) in [5.41, 5.74) is 1.04. The van der Waals surface area contributed by atoms with Crippen LogP contribution in [0.15, 0.2) is 23.3 Å². The minimum absolute atomic E-state index is 0.450. The van der Waals surface area contributed by atoms with E-state index in [0.717, 1.165) is 10.8 Å². The Morgan fingerprint density at radius 3 is 2.43 bits per heavy atom. The van der Waals surface area contributed by atoms with Gasteiger partial charge in [0.05, 0.1) is 0 Å². The Bertz CT molecular complexity index is 593. The molecule has 23 heavy (non-hydrogen) atoms. The molecule has 0 atom stereocenters. The molecule has 0 saturated heterocycles. The van der Waals surface area contributed by atoms with Gasteiger partial charge in [-0.15, -0.1) is 0 Å². The smallest absolute Gasteiger partial charge is 0.188 e. The third-order valence-corrected chi connectivity index (χ3v) is 5.67. The number of aliphatic imine (C=N–C) groups is 1. The second-order valence-electron chi connectivity index (χ2n) is 6.98. The lowest BCUT2D eigenvalue weighted by Crippen LogP contribution is -2.32. The Balaban J connectivity index is 1.95. The number of hydrogen-bond donors (Lipinski definition) is 0. The fourth-order valence-corrected chi connectivity index (χ4v) is 3.99. The Kier molecular flexibility index (Phi) is 5.85. The van der Waals surface area contributed by atoms with Gasteiger partial charge in [-0.25, -0.2) is 0 Å². The van der Waals surface area contributed by atoms with Gasteiger partial charge in [0.15, 0.2) is 12.2 Å². The van der Waals surface area contributed by atoms with Crippen LogP contribution in [0, 0.1) is 0 Å². The first-order valence-corrected chi connectivity index (χ1v) is 9.52. The van der Waals surface area contributed by atoms with Crippen LogP contribution in [-0.4, -0.2) is 22.7 Å². The maximum absolute atomic E-state index is 6.57. The Labute approximate surface area is 144 Å². The lowest BCUT2D eigenvalue weighted by Gasteiger charge is -2.20. The van der Waals surface area contributed by atoms with Crippen LogP contribution in [0.3, 0.4) is 0 Å². The van der Waals surface area contributed by atoms with Crippen molar-refractivity contribution in [3.05, 3.63) is 23.5 Å². The van der Waals surface area contributed by atoms with Gasteiger partial charge in [-0.3, -0.25) is 0 Å². The first-order chi connectivity index (χ1) is 11.3. The number of halogens is 1. The number of aromatic nitrogens is 1. The summed E-state index contributed by atoms with van der Waals surface area (Å²) in [6.45, 7) is 0. The molecule has 0 unspecified atom stereocenters. The van der Waals surface area contributed by atoms with Crippen LogP contribution in [-0.2, 0) is 7.05 Å². The van der Waals surface area contributed by atoms with Crippen LogP contribution < -0.4 is 4.57 Å². The Hall–Kier alpha value is -1.18. The van der Waals surface area contributed by atoms with Crippen LogP contribution in [0.5, 0.6) is 0 Å². The van der Waals surface area contributed by atoms with Gasteiger partial charge in [0, 0.05) is 6.07 Å². The van der Waals surface area contributed by atoms with E-state index in [1.54, 1.807) is 0 Å². The summed E-state index contributed by atoms with van der Waals surface area (Å²) < 4.78 is 4.20. The van der Waals surface area contributed by atoms with E-state index in [1.807, 2.05) is 17.8 Å². The highest BCUT2D eigenvalue weighted by molar-refractivity contribution is 6.30. The fourth-order valence-electron chi connectivity index (χ4n) is 3.78. The van der Waals surface area contributed by atoms with Gasteiger partial charge in [-0.1, -0.05) is 12.8 Å². The van der Waals surface area contributed by atoms with Crippen LogP contribution in [0.2, 0.25) is 5.15 Å². The molecule has 1 heterocycles. The molecule has 3 nitrogen and oxygen atoms in total. The number of nitrogens with zero attached hydrogens (tertiary/aromatic N) is 3. The van der Waals surface area contributed by atoms with Gasteiger partial charge < -0.3 is 0 Å². The average molecular weight is 334 g/mol. The Morgan fingerprint density at radius 1 is 1.09 bits per heavy atom. The van der Waals surface area contributed by atoms with E-state index in [4.69, 9.17) is 16.6 Å². The summed E-state index contributed by atoms with van der Waals surface area (Å²) in [6, 6.07) is 8.49. The maximum Gasteiger partial charge on any atom is 0.322 e. The third kappa shape index (κ3) is 4.22. The lowest BCUT2D eigenvalue weighted by atomic mass is 9.95. The van der Waals surface area contributed by atoms with E-state index in [2.05, 4.69) is 22.7 Å². The molecule has 0 spiro atoms. The van der Waals surface area contributed by atoms with E-state index < -0.39 is 0 Å². The number of hydrogen-bond acceptors (Lipinski definition) is 1. The molecular formula is C19H28ClN3+2. The molecule has 2 aliphatic carbocycles. The van der Waals surface area contributed by atoms with Crippen molar-refractivity contribution in [1.29, 1.82) is 0 Å². The average Bonchev–Trinajstić information content (AvgIpc) is 2.60. The van der Waals surface area contributed by atoms with Crippen LogP contribution in [0.4, 0.5) is 5.69 Å². The molecule has 2 aliphatic rings. The summed E-state index contributed by atoms with van der Waals surface area (Å²) in [7, 11) is 1.99. The van der Waals surface area contributed by atoms with E-state index >= 15 is 0 Å². The van der Waals surface area contributed by atoms with Crippen molar-refractivity contribution in [1.82, 2.24) is 0 Å². The third-order valence-electron chi connectivity index (χ3n) is 5.21. The van der Waals surface area contributed by atoms with Crippen molar-refractivity contribution in [3.8, 4) is 0 Å². The fraction of sp³-hybridized carbons (Fsp3) is 0.684. The first kappa shape index (κ1) is 16.7. The predicted octanol–water partition coefficient (Wildman–Crippen LogP) is 4.65. The maximum atomic E-state index is 6.57. The molecule has 0 aromatic carbocycles. The van der Waals surface area contributed by atoms with Gasteiger partial charge in [0.2, 0.25) is 5.69 Å². The van der Waals surface area contributed by atoms with Gasteiger partial charge in [-0.2, -0.15) is 9.14 Å². The topological polar surface area (TPSA) is 19.2 Å². The minimum atomic E-state index is 0.450. The van der Waals surface area contributed by atoms with Crippen molar-refractivity contribution >= 4 is 23.3 Å². The molecule has 1 aromatic rings. The summed E-state index contributed by atoms with van der Waals surface area (Å²) in [6.07, 6.45) is 14.7. The number of rotatable bonds is 3. The first-order valence-electron chi connectivity index (χ1n) is 9.14. The van der Waals surface area contributed by atoms with Gasteiger partial charge in [0.1, 0.15) is 13.1 Å². The van der Waals surface area contributed by atoms with E-state index in [1.165, 1.54) is 64.2 Å². The Morgan fingerprint density at radius 2 is 1.74 bits per heavy atom. The zero-order valence-electron chi connectivity index (χ0n) is 14.2. The predicted molar refractivity (Wildman–Crippen MR) is 93.7 cm³/mol. The summed E-state index contributed by atoms with van der Waals surface area (Å²) in [4.78, 5) is 4.81. The second kappa shape index (κ2) is 8.08. The molecular weight excluding hydrogens is 306 g/mol. The SMILES string of the molecule is C[n+]1cccc([N+](=C=NC2CCCCC2)C2CCCCC2)c1Cl. The van der Waals surface area contributed by atoms with Crippen molar-refractivity contribution in [2.24, 2.45) is 12.0 Å².